The number of carbonyl (C=O) groups excluding carboxylic acids is 2. The summed E-state index contributed by atoms with van der Waals surface area (Å²) in [7, 11) is 1.57. The molecular formula is C18H15F3N2O4. The summed E-state index contributed by atoms with van der Waals surface area (Å²) in [6, 6.07) is 9.97. The number of ether oxygens (including phenoxy) is 2. The van der Waals surface area contributed by atoms with Crippen molar-refractivity contribution in [3.8, 4) is 11.5 Å². The largest absolute Gasteiger partial charge is 0.573 e. The third-order valence-corrected chi connectivity index (χ3v) is 3.78. The zero-order valence-electron chi connectivity index (χ0n) is 14.2. The number of hydrogen-bond donors (Lipinski definition) is 1. The van der Waals surface area contributed by atoms with Gasteiger partial charge < -0.3 is 19.7 Å². The lowest BCUT2D eigenvalue weighted by Gasteiger charge is -2.21. The van der Waals surface area contributed by atoms with Crippen molar-refractivity contribution in [3.05, 3.63) is 53.6 Å². The molecule has 1 N–H and O–H groups in total. The topological polar surface area (TPSA) is 67.9 Å². The summed E-state index contributed by atoms with van der Waals surface area (Å²) in [5.74, 6) is -0.484. The molecule has 1 aliphatic rings. The number of nitrogens with zero attached hydrogens (tertiary/aromatic N) is 1. The average molecular weight is 380 g/mol. The number of benzene rings is 2. The predicted octanol–water partition coefficient (Wildman–Crippen LogP) is 3.19. The summed E-state index contributed by atoms with van der Waals surface area (Å²) >= 11 is 0. The molecule has 27 heavy (non-hydrogen) atoms. The fraction of sp³-hybridized carbons (Fsp3) is 0.222. The van der Waals surface area contributed by atoms with Gasteiger partial charge in [0.1, 0.15) is 11.5 Å². The molecular weight excluding hydrogens is 365 g/mol. The first-order chi connectivity index (χ1) is 12.7. The second-order valence-corrected chi connectivity index (χ2v) is 5.90. The Kier molecular flexibility index (Phi) is 4.93. The fourth-order valence-corrected chi connectivity index (χ4v) is 2.57. The molecule has 3 rings (SSSR count). The van der Waals surface area contributed by atoms with Gasteiger partial charge in [-0.3, -0.25) is 9.59 Å². The maximum Gasteiger partial charge on any atom is 0.573 e. The second kappa shape index (κ2) is 7.18. The van der Waals surface area contributed by atoms with Gasteiger partial charge in [-0.15, -0.1) is 13.2 Å². The van der Waals surface area contributed by atoms with E-state index in [2.05, 4.69) is 10.1 Å². The number of halogens is 3. The molecule has 0 unspecified atom stereocenters. The molecule has 9 heteroatoms. The lowest BCUT2D eigenvalue weighted by molar-refractivity contribution is -0.274. The van der Waals surface area contributed by atoms with E-state index < -0.39 is 6.36 Å². The van der Waals surface area contributed by atoms with Crippen LogP contribution in [0.3, 0.4) is 0 Å². The van der Waals surface area contributed by atoms with Crippen LogP contribution in [0.4, 0.5) is 18.9 Å². The van der Waals surface area contributed by atoms with Gasteiger partial charge in [0, 0.05) is 19.2 Å². The lowest BCUT2D eigenvalue weighted by atomic mass is 10.1. The minimum atomic E-state index is -4.75. The number of anilines is 1. The van der Waals surface area contributed by atoms with Crippen LogP contribution in [0.1, 0.15) is 15.9 Å². The van der Waals surface area contributed by atoms with E-state index in [1.54, 1.807) is 19.2 Å². The minimum absolute atomic E-state index is 0.118. The molecule has 6 nitrogen and oxygen atoms in total. The first-order valence-electron chi connectivity index (χ1n) is 7.88. The Hall–Kier alpha value is -3.23. The van der Waals surface area contributed by atoms with E-state index in [0.717, 1.165) is 0 Å². The van der Waals surface area contributed by atoms with Gasteiger partial charge in [-0.05, 0) is 35.9 Å². The molecule has 2 amide bonds. The molecule has 0 bridgehead atoms. The fourth-order valence-electron chi connectivity index (χ4n) is 2.57. The van der Waals surface area contributed by atoms with Crippen molar-refractivity contribution in [2.24, 2.45) is 0 Å². The number of nitrogens with one attached hydrogen (secondary N) is 1. The van der Waals surface area contributed by atoms with Gasteiger partial charge in [0.05, 0.1) is 5.69 Å². The smallest absolute Gasteiger partial charge is 0.482 e. The van der Waals surface area contributed by atoms with E-state index in [0.29, 0.717) is 22.6 Å². The Labute approximate surface area is 152 Å². The molecule has 2 aromatic rings. The zero-order valence-corrected chi connectivity index (χ0v) is 14.2. The maximum atomic E-state index is 12.6. The average Bonchev–Trinajstić information content (AvgIpc) is 2.61. The molecule has 1 aliphatic heterocycles. The first-order valence-corrected chi connectivity index (χ1v) is 7.88. The van der Waals surface area contributed by atoms with Crippen molar-refractivity contribution in [1.82, 2.24) is 4.90 Å². The highest BCUT2D eigenvalue weighted by Crippen LogP contribution is 2.29. The summed E-state index contributed by atoms with van der Waals surface area (Å²) in [6.45, 7) is 0.0760. The number of amides is 2. The van der Waals surface area contributed by atoms with Crippen LogP contribution in [-0.4, -0.2) is 36.7 Å². The van der Waals surface area contributed by atoms with Gasteiger partial charge in [-0.25, -0.2) is 0 Å². The molecule has 142 valence electrons. The summed E-state index contributed by atoms with van der Waals surface area (Å²) in [6.07, 6.45) is -4.75. The molecule has 0 fully saturated rings. The van der Waals surface area contributed by atoms with Crippen LogP contribution in [0.2, 0.25) is 0 Å². The van der Waals surface area contributed by atoms with E-state index in [1.807, 2.05) is 0 Å². The van der Waals surface area contributed by atoms with E-state index in [4.69, 9.17) is 4.74 Å². The molecule has 0 aliphatic carbocycles. The molecule has 2 aromatic carbocycles. The standard InChI is InChI=1S/C18H15F3N2O4/c1-23(9-11-2-5-13(6-3-11)27-18(19,20)21)17(25)12-4-7-14-15(8-12)26-10-16(24)22-14/h2-8H,9-10H2,1H3,(H,22,24). The summed E-state index contributed by atoms with van der Waals surface area (Å²) < 4.78 is 45.6. The van der Waals surface area contributed by atoms with Gasteiger partial charge >= 0.3 is 6.36 Å². The molecule has 0 saturated carbocycles. The van der Waals surface area contributed by atoms with Gasteiger partial charge in [-0.1, -0.05) is 12.1 Å². The third-order valence-electron chi connectivity index (χ3n) is 3.78. The van der Waals surface area contributed by atoms with Crippen molar-refractivity contribution in [2.45, 2.75) is 12.9 Å². The summed E-state index contributed by atoms with van der Waals surface area (Å²) in [4.78, 5) is 25.3. The lowest BCUT2D eigenvalue weighted by Crippen LogP contribution is -2.28. The van der Waals surface area contributed by atoms with Crippen molar-refractivity contribution >= 4 is 17.5 Å². The highest BCUT2D eigenvalue weighted by Gasteiger charge is 2.31. The van der Waals surface area contributed by atoms with Crippen molar-refractivity contribution in [3.63, 3.8) is 0 Å². The van der Waals surface area contributed by atoms with E-state index in [1.165, 1.54) is 35.2 Å². The van der Waals surface area contributed by atoms with E-state index in [9.17, 15) is 22.8 Å². The number of hydrogen-bond acceptors (Lipinski definition) is 4. The quantitative estimate of drug-likeness (QED) is 0.885. The van der Waals surface area contributed by atoms with Gasteiger partial charge in [0.25, 0.3) is 11.8 Å². The zero-order chi connectivity index (χ0) is 19.6. The first kappa shape index (κ1) is 18.6. The van der Waals surface area contributed by atoms with Gasteiger partial charge in [0.15, 0.2) is 6.61 Å². The molecule has 0 spiro atoms. The minimum Gasteiger partial charge on any atom is -0.482 e. The molecule has 0 aromatic heterocycles. The Morgan fingerprint density at radius 2 is 1.93 bits per heavy atom. The molecule has 0 radical (unpaired) electrons. The monoisotopic (exact) mass is 380 g/mol. The molecule has 1 heterocycles. The summed E-state index contributed by atoms with van der Waals surface area (Å²) in [5, 5.41) is 2.64. The van der Waals surface area contributed by atoms with Crippen LogP contribution in [-0.2, 0) is 11.3 Å². The maximum absolute atomic E-state index is 12.6. The van der Waals surface area contributed by atoms with Crippen LogP contribution >= 0.6 is 0 Å². The Balaban J connectivity index is 1.66. The van der Waals surface area contributed by atoms with Crippen LogP contribution in [0.25, 0.3) is 0 Å². The predicted molar refractivity (Wildman–Crippen MR) is 89.5 cm³/mol. The highest BCUT2D eigenvalue weighted by molar-refractivity contribution is 5.98. The van der Waals surface area contributed by atoms with Crippen LogP contribution in [0.5, 0.6) is 11.5 Å². The number of fused-ring (bicyclic) bond motifs is 1. The van der Waals surface area contributed by atoms with Crippen molar-refractivity contribution < 1.29 is 32.2 Å². The van der Waals surface area contributed by atoms with Crippen molar-refractivity contribution in [1.29, 1.82) is 0 Å². The van der Waals surface area contributed by atoms with Crippen LogP contribution in [0.15, 0.2) is 42.5 Å². The number of rotatable bonds is 4. The van der Waals surface area contributed by atoms with Crippen molar-refractivity contribution in [2.75, 3.05) is 19.0 Å². The number of carbonyl (C=O) groups is 2. The Morgan fingerprint density at radius 1 is 1.22 bits per heavy atom. The Bertz CT molecular complexity index is 866. The highest BCUT2D eigenvalue weighted by atomic mass is 19.4. The Morgan fingerprint density at radius 3 is 2.59 bits per heavy atom. The van der Waals surface area contributed by atoms with E-state index >= 15 is 0 Å². The summed E-state index contributed by atoms with van der Waals surface area (Å²) in [5.41, 5.74) is 1.50. The molecule has 0 saturated heterocycles. The SMILES string of the molecule is CN(Cc1ccc(OC(F)(F)F)cc1)C(=O)c1ccc2c(c1)OCC(=O)N2. The van der Waals surface area contributed by atoms with Gasteiger partial charge in [-0.2, -0.15) is 0 Å². The number of alkyl halides is 3. The normalized spacial score (nSPS) is 13.3. The van der Waals surface area contributed by atoms with Crippen LogP contribution in [0, 0.1) is 0 Å². The third kappa shape index (κ3) is 4.69. The second-order valence-electron chi connectivity index (χ2n) is 5.90. The van der Waals surface area contributed by atoms with Gasteiger partial charge in [0.2, 0.25) is 0 Å². The van der Waals surface area contributed by atoms with Crippen LogP contribution < -0.4 is 14.8 Å². The van der Waals surface area contributed by atoms with E-state index in [-0.39, 0.29) is 30.7 Å². The molecule has 0 atom stereocenters.